The van der Waals surface area contributed by atoms with Crippen molar-refractivity contribution in [3.8, 4) is 0 Å². The van der Waals surface area contributed by atoms with E-state index < -0.39 is 0 Å². The van der Waals surface area contributed by atoms with Crippen LogP contribution < -0.4 is 5.32 Å². The monoisotopic (exact) mass is 267 g/mol. The topological polar surface area (TPSA) is 12.0 Å². The Labute approximate surface area is 121 Å². The number of rotatable bonds is 8. The van der Waals surface area contributed by atoms with E-state index >= 15 is 0 Å². The van der Waals surface area contributed by atoms with Crippen LogP contribution in [-0.2, 0) is 0 Å². The lowest BCUT2D eigenvalue weighted by molar-refractivity contribution is 0.174. The van der Waals surface area contributed by atoms with Crippen molar-refractivity contribution in [2.45, 2.75) is 85.6 Å². The maximum atomic E-state index is 3.85. The molecule has 2 unspecified atom stereocenters. The van der Waals surface area contributed by atoms with Crippen LogP contribution in [0.5, 0.6) is 0 Å². The maximum absolute atomic E-state index is 3.85. The van der Waals surface area contributed by atoms with Crippen molar-refractivity contribution in [1.29, 1.82) is 0 Å². The molecule has 0 aliphatic heterocycles. The van der Waals surface area contributed by atoms with E-state index in [2.05, 4.69) is 39.9 Å². The SMILES string of the molecule is CCCNC(CC(C)CC)C1CCC(C(C)C)CC1. The molecule has 1 N–H and O–H groups in total. The van der Waals surface area contributed by atoms with Crippen LogP contribution in [0, 0.1) is 23.7 Å². The Morgan fingerprint density at radius 3 is 2.00 bits per heavy atom. The summed E-state index contributed by atoms with van der Waals surface area (Å²) in [6, 6.07) is 0.781. The second-order valence-corrected chi connectivity index (χ2v) is 7.23. The normalized spacial score (nSPS) is 27.5. The molecule has 1 aliphatic carbocycles. The minimum Gasteiger partial charge on any atom is -0.314 e. The predicted octanol–water partition coefficient (Wildman–Crippen LogP) is 5.25. The summed E-state index contributed by atoms with van der Waals surface area (Å²) in [7, 11) is 0. The van der Waals surface area contributed by atoms with Crippen molar-refractivity contribution >= 4 is 0 Å². The highest BCUT2D eigenvalue weighted by molar-refractivity contribution is 4.83. The molecule has 0 aromatic carbocycles. The third-order valence-corrected chi connectivity index (χ3v) is 5.34. The summed E-state index contributed by atoms with van der Waals surface area (Å²) in [5.41, 5.74) is 0. The van der Waals surface area contributed by atoms with Gasteiger partial charge in [-0.2, -0.15) is 0 Å². The van der Waals surface area contributed by atoms with Gasteiger partial charge in [0.15, 0.2) is 0 Å². The molecule has 1 nitrogen and oxygen atoms in total. The Morgan fingerprint density at radius 1 is 0.947 bits per heavy atom. The van der Waals surface area contributed by atoms with Crippen molar-refractivity contribution in [2.75, 3.05) is 6.54 Å². The lowest BCUT2D eigenvalue weighted by Gasteiger charge is -2.37. The molecule has 0 bridgehead atoms. The van der Waals surface area contributed by atoms with Crippen molar-refractivity contribution in [3.05, 3.63) is 0 Å². The molecule has 19 heavy (non-hydrogen) atoms. The molecule has 1 aliphatic rings. The molecule has 0 heterocycles. The fourth-order valence-corrected chi connectivity index (χ4v) is 3.59. The van der Waals surface area contributed by atoms with Crippen molar-refractivity contribution in [2.24, 2.45) is 23.7 Å². The van der Waals surface area contributed by atoms with Gasteiger partial charge in [0.1, 0.15) is 0 Å². The minimum atomic E-state index is 0.781. The first-order valence-electron chi connectivity index (χ1n) is 8.81. The molecule has 1 rings (SSSR count). The summed E-state index contributed by atoms with van der Waals surface area (Å²) >= 11 is 0. The molecule has 1 saturated carbocycles. The second-order valence-electron chi connectivity index (χ2n) is 7.23. The van der Waals surface area contributed by atoms with Crippen LogP contribution >= 0.6 is 0 Å². The average molecular weight is 268 g/mol. The highest BCUT2D eigenvalue weighted by Crippen LogP contribution is 2.36. The van der Waals surface area contributed by atoms with Crippen LogP contribution in [-0.4, -0.2) is 12.6 Å². The van der Waals surface area contributed by atoms with E-state index in [1.807, 2.05) is 0 Å². The van der Waals surface area contributed by atoms with E-state index in [0.29, 0.717) is 0 Å². The maximum Gasteiger partial charge on any atom is 0.00978 e. The second kappa shape index (κ2) is 9.00. The van der Waals surface area contributed by atoms with E-state index in [9.17, 15) is 0 Å². The van der Waals surface area contributed by atoms with E-state index in [4.69, 9.17) is 0 Å². The quantitative estimate of drug-likeness (QED) is 0.633. The van der Waals surface area contributed by atoms with Crippen molar-refractivity contribution < 1.29 is 0 Å². The van der Waals surface area contributed by atoms with Gasteiger partial charge in [-0.1, -0.05) is 41.0 Å². The predicted molar refractivity (Wildman–Crippen MR) is 86.4 cm³/mol. The van der Waals surface area contributed by atoms with Crippen molar-refractivity contribution in [3.63, 3.8) is 0 Å². The largest absolute Gasteiger partial charge is 0.314 e. The molecule has 0 spiro atoms. The van der Waals surface area contributed by atoms with Gasteiger partial charge >= 0.3 is 0 Å². The molecule has 0 amide bonds. The van der Waals surface area contributed by atoms with E-state index in [1.165, 1.54) is 51.5 Å². The van der Waals surface area contributed by atoms with Crippen LogP contribution in [0.3, 0.4) is 0 Å². The first-order valence-corrected chi connectivity index (χ1v) is 8.81. The lowest BCUT2D eigenvalue weighted by atomic mass is 9.73. The molecule has 1 heteroatoms. The van der Waals surface area contributed by atoms with Crippen LogP contribution in [0.1, 0.15) is 79.6 Å². The van der Waals surface area contributed by atoms with Crippen LogP contribution in [0.15, 0.2) is 0 Å². The van der Waals surface area contributed by atoms with Gasteiger partial charge in [0, 0.05) is 6.04 Å². The highest BCUT2D eigenvalue weighted by atomic mass is 14.9. The first kappa shape index (κ1) is 17.0. The molecule has 2 atom stereocenters. The molecule has 1 fully saturated rings. The number of nitrogens with one attached hydrogen (secondary N) is 1. The van der Waals surface area contributed by atoms with E-state index in [0.717, 1.165) is 29.7 Å². The third kappa shape index (κ3) is 5.85. The first-order chi connectivity index (χ1) is 9.08. The summed E-state index contributed by atoms with van der Waals surface area (Å²) in [6.45, 7) is 13.0. The summed E-state index contributed by atoms with van der Waals surface area (Å²) in [5, 5.41) is 3.85. The van der Waals surface area contributed by atoms with E-state index in [-0.39, 0.29) is 0 Å². The molecule has 114 valence electrons. The van der Waals surface area contributed by atoms with Crippen LogP contribution in [0.4, 0.5) is 0 Å². The average Bonchev–Trinajstić information content (AvgIpc) is 2.43. The Balaban J connectivity index is 2.46. The fourth-order valence-electron chi connectivity index (χ4n) is 3.59. The molecule has 0 aromatic rings. The Bertz CT molecular complexity index is 216. The lowest BCUT2D eigenvalue weighted by Crippen LogP contribution is -2.40. The van der Waals surface area contributed by atoms with Gasteiger partial charge in [-0.15, -0.1) is 0 Å². The van der Waals surface area contributed by atoms with Gasteiger partial charge in [-0.05, 0) is 68.7 Å². The zero-order valence-corrected chi connectivity index (χ0v) is 14.0. The van der Waals surface area contributed by atoms with Gasteiger partial charge in [0.05, 0.1) is 0 Å². The Morgan fingerprint density at radius 2 is 1.53 bits per heavy atom. The van der Waals surface area contributed by atoms with Gasteiger partial charge in [0.2, 0.25) is 0 Å². The zero-order valence-electron chi connectivity index (χ0n) is 14.0. The van der Waals surface area contributed by atoms with Gasteiger partial charge in [0.25, 0.3) is 0 Å². The molecular formula is C18H37N. The van der Waals surface area contributed by atoms with Gasteiger partial charge in [-0.3, -0.25) is 0 Å². The zero-order chi connectivity index (χ0) is 14.3. The smallest absolute Gasteiger partial charge is 0.00978 e. The Kier molecular flexibility index (Phi) is 8.06. The highest BCUT2D eigenvalue weighted by Gasteiger charge is 2.28. The summed E-state index contributed by atoms with van der Waals surface area (Å²) in [5.74, 6) is 3.69. The molecule has 0 radical (unpaired) electrons. The Hall–Kier alpha value is -0.0400. The number of hydrogen-bond donors (Lipinski definition) is 1. The summed E-state index contributed by atoms with van der Waals surface area (Å²) in [4.78, 5) is 0. The van der Waals surface area contributed by atoms with Crippen molar-refractivity contribution in [1.82, 2.24) is 5.32 Å². The third-order valence-electron chi connectivity index (χ3n) is 5.34. The molecule has 0 aromatic heterocycles. The summed E-state index contributed by atoms with van der Waals surface area (Å²) < 4.78 is 0. The standard InChI is InChI=1S/C18H37N/c1-6-12-19-18(13-15(5)7-2)17-10-8-16(9-11-17)14(3)4/h14-19H,6-13H2,1-5H3. The molecular weight excluding hydrogens is 230 g/mol. The van der Waals surface area contributed by atoms with Crippen LogP contribution in [0.2, 0.25) is 0 Å². The van der Waals surface area contributed by atoms with Gasteiger partial charge < -0.3 is 5.32 Å². The van der Waals surface area contributed by atoms with E-state index in [1.54, 1.807) is 0 Å². The van der Waals surface area contributed by atoms with Gasteiger partial charge in [-0.25, -0.2) is 0 Å². The number of hydrogen-bond acceptors (Lipinski definition) is 1. The minimum absolute atomic E-state index is 0.781. The fraction of sp³-hybridized carbons (Fsp3) is 1.00. The summed E-state index contributed by atoms with van der Waals surface area (Å²) in [6.07, 6.45) is 9.82. The molecule has 0 saturated heterocycles. The van der Waals surface area contributed by atoms with Crippen LogP contribution in [0.25, 0.3) is 0 Å².